The van der Waals surface area contributed by atoms with Crippen molar-refractivity contribution in [1.82, 2.24) is 9.80 Å². The van der Waals surface area contributed by atoms with E-state index in [-0.39, 0.29) is 6.09 Å². The number of hydrogen-bond acceptors (Lipinski definition) is 4. The summed E-state index contributed by atoms with van der Waals surface area (Å²) in [5.74, 6) is 0. The molecule has 0 radical (unpaired) electrons. The minimum atomic E-state index is -0.207. The maximum absolute atomic E-state index is 12.3. The molecule has 0 spiro atoms. The van der Waals surface area contributed by atoms with Crippen molar-refractivity contribution < 1.29 is 9.53 Å². The third-order valence-corrected chi connectivity index (χ3v) is 4.56. The summed E-state index contributed by atoms with van der Waals surface area (Å²) in [7, 11) is 2.14. The van der Waals surface area contributed by atoms with Crippen LogP contribution in [0.1, 0.15) is 12.0 Å². The van der Waals surface area contributed by atoms with Crippen molar-refractivity contribution >= 4 is 11.8 Å². The fraction of sp³-hybridized carbons (Fsp3) is 0.588. The molecule has 0 N–H and O–H groups in total. The van der Waals surface area contributed by atoms with E-state index in [1.807, 2.05) is 18.2 Å². The molecule has 1 aromatic rings. The van der Waals surface area contributed by atoms with Crippen molar-refractivity contribution in [3.05, 3.63) is 29.8 Å². The van der Waals surface area contributed by atoms with Crippen molar-refractivity contribution in [2.45, 2.75) is 12.8 Å². The van der Waals surface area contributed by atoms with Crippen LogP contribution in [-0.2, 0) is 11.2 Å². The second kappa shape index (κ2) is 7.11. The van der Waals surface area contributed by atoms with Gasteiger partial charge in [-0.3, -0.25) is 9.80 Å². The van der Waals surface area contributed by atoms with E-state index in [2.05, 4.69) is 22.9 Å². The normalized spacial score (nSPS) is 19.8. The Morgan fingerprint density at radius 2 is 1.91 bits per heavy atom. The maximum atomic E-state index is 12.3. The third kappa shape index (κ3) is 3.59. The number of benzene rings is 1. The Bertz CT molecular complexity index is 512. The quantitative estimate of drug-likeness (QED) is 0.853. The molecule has 0 atom stereocenters. The minimum absolute atomic E-state index is 0.207. The lowest BCUT2D eigenvalue weighted by molar-refractivity contribution is 0.107. The zero-order chi connectivity index (χ0) is 15.4. The molecule has 120 valence electrons. The van der Waals surface area contributed by atoms with Crippen LogP contribution in [0.25, 0.3) is 0 Å². The van der Waals surface area contributed by atoms with E-state index in [9.17, 15) is 4.79 Å². The van der Waals surface area contributed by atoms with Crippen LogP contribution in [0.4, 0.5) is 10.5 Å². The summed E-state index contributed by atoms with van der Waals surface area (Å²) >= 11 is 0. The first-order valence-electron chi connectivity index (χ1n) is 8.17. The Kier molecular flexibility index (Phi) is 4.95. The van der Waals surface area contributed by atoms with Crippen LogP contribution < -0.4 is 4.90 Å². The molecule has 1 fully saturated rings. The first-order chi connectivity index (χ1) is 10.7. The van der Waals surface area contributed by atoms with E-state index in [1.54, 1.807) is 4.90 Å². The number of aryl methyl sites for hydroxylation is 1. The van der Waals surface area contributed by atoms with E-state index in [0.29, 0.717) is 6.61 Å². The summed E-state index contributed by atoms with van der Waals surface area (Å²) in [6.45, 7) is 6.35. The molecule has 0 aromatic heterocycles. The standard InChI is InChI=1S/C17H25N3O2/c1-18-9-11-19(12-10-18)13-14-22-17(21)20-8-4-6-15-5-2-3-7-16(15)20/h2-3,5,7H,4,6,8-14H2,1H3. The number of fused-ring (bicyclic) bond motifs is 1. The van der Waals surface area contributed by atoms with Crippen molar-refractivity contribution in [2.24, 2.45) is 0 Å². The fourth-order valence-electron chi connectivity index (χ4n) is 3.13. The Morgan fingerprint density at radius 3 is 2.73 bits per heavy atom. The highest BCUT2D eigenvalue weighted by Crippen LogP contribution is 2.27. The van der Waals surface area contributed by atoms with Gasteiger partial charge in [-0.2, -0.15) is 0 Å². The number of para-hydroxylation sites is 1. The van der Waals surface area contributed by atoms with E-state index >= 15 is 0 Å². The fourth-order valence-corrected chi connectivity index (χ4v) is 3.13. The van der Waals surface area contributed by atoms with E-state index in [0.717, 1.165) is 57.8 Å². The molecule has 3 rings (SSSR count). The smallest absolute Gasteiger partial charge is 0.414 e. The zero-order valence-electron chi connectivity index (χ0n) is 13.3. The molecule has 2 aliphatic rings. The number of likely N-dealkylation sites (N-methyl/N-ethyl adjacent to an activating group) is 1. The molecule has 5 heteroatoms. The zero-order valence-corrected chi connectivity index (χ0v) is 13.3. The summed E-state index contributed by atoms with van der Waals surface area (Å²) in [6.07, 6.45) is 1.84. The highest BCUT2D eigenvalue weighted by Gasteiger charge is 2.23. The SMILES string of the molecule is CN1CCN(CCOC(=O)N2CCCc3ccccc32)CC1. The molecule has 1 aromatic carbocycles. The number of nitrogens with zero attached hydrogens (tertiary/aromatic N) is 3. The monoisotopic (exact) mass is 303 g/mol. The summed E-state index contributed by atoms with van der Waals surface area (Å²) < 4.78 is 5.50. The number of carbonyl (C=O) groups excluding carboxylic acids is 1. The van der Waals surface area contributed by atoms with Crippen LogP contribution in [0.5, 0.6) is 0 Å². The van der Waals surface area contributed by atoms with Gasteiger partial charge in [-0.1, -0.05) is 18.2 Å². The summed E-state index contributed by atoms with van der Waals surface area (Å²) in [4.78, 5) is 18.8. The molecule has 1 saturated heterocycles. The Labute approximate surface area is 132 Å². The number of carbonyl (C=O) groups is 1. The van der Waals surface area contributed by atoms with Gasteiger partial charge in [0, 0.05) is 39.3 Å². The molecule has 2 heterocycles. The molecule has 1 amide bonds. The predicted molar refractivity (Wildman–Crippen MR) is 87.4 cm³/mol. The van der Waals surface area contributed by atoms with Crippen LogP contribution in [-0.4, -0.2) is 68.8 Å². The van der Waals surface area contributed by atoms with Crippen molar-refractivity contribution in [3.8, 4) is 0 Å². The lowest BCUT2D eigenvalue weighted by atomic mass is 10.0. The molecule has 0 bridgehead atoms. The first-order valence-corrected chi connectivity index (χ1v) is 8.17. The average molecular weight is 303 g/mol. The molecule has 0 aliphatic carbocycles. The summed E-state index contributed by atoms with van der Waals surface area (Å²) in [5.41, 5.74) is 2.25. The van der Waals surface area contributed by atoms with E-state index in [4.69, 9.17) is 4.74 Å². The third-order valence-electron chi connectivity index (χ3n) is 4.56. The van der Waals surface area contributed by atoms with Crippen molar-refractivity contribution in [3.63, 3.8) is 0 Å². The van der Waals surface area contributed by atoms with Gasteiger partial charge >= 0.3 is 6.09 Å². The molecule has 0 unspecified atom stereocenters. The van der Waals surface area contributed by atoms with Crippen molar-refractivity contribution in [1.29, 1.82) is 0 Å². The van der Waals surface area contributed by atoms with Gasteiger partial charge in [0.05, 0.1) is 5.69 Å². The van der Waals surface area contributed by atoms with Crippen LogP contribution in [0.15, 0.2) is 24.3 Å². The predicted octanol–water partition coefficient (Wildman–Crippen LogP) is 1.82. The average Bonchev–Trinajstić information content (AvgIpc) is 2.56. The van der Waals surface area contributed by atoms with Gasteiger partial charge in [0.2, 0.25) is 0 Å². The minimum Gasteiger partial charge on any atom is -0.448 e. The Hall–Kier alpha value is -1.59. The highest BCUT2D eigenvalue weighted by atomic mass is 16.6. The van der Waals surface area contributed by atoms with Gasteiger partial charge in [-0.15, -0.1) is 0 Å². The van der Waals surface area contributed by atoms with Gasteiger partial charge in [-0.25, -0.2) is 4.79 Å². The number of piperazine rings is 1. The number of ether oxygens (including phenoxy) is 1. The van der Waals surface area contributed by atoms with Crippen LogP contribution in [0, 0.1) is 0 Å². The molecular formula is C17H25N3O2. The lowest BCUT2D eigenvalue weighted by Gasteiger charge is -2.32. The largest absolute Gasteiger partial charge is 0.448 e. The van der Waals surface area contributed by atoms with Gasteiger partial charge in [0.15, 0.2) is 0 Å². The second-order valence-corrected chi connectivity index (χ2v) is 6.14. The second-order valence-electron chi connectivity index (χ2n) is 6.14. The molecule has 0 saturated carbocycles. The van der Waals surface area contributed by atoms with Gasteiger partial charge in [-0.05, 0) is 31.5 Å². The number of rotatable bonds is 3. The maximum Gasteiger partial charge on any atom is 0.414 e. The van der Waals surface area contributed by atoms with Crippen LogP contribution in [0.3, 0.4) is 0 Å². The summed E-state index contributed by atoms with van der Waals surface area (Å²) in [6, 6.07) is 8.12. The molecule has 2 aliphatic heterocycles. The Morgan fingerprint density at radius 1 is 1.14 bits per heavy atom. The van der Waals surface area contributed by atoms with E-state index < -0.39 is 0 Å². The van der Waals surface area contributed by atoms with Gasteiger partial charge in [0.25, 0.3) is 0 Å². The lowest BCUT2D eigenvalue weighted by Crippen LogP contribution is -2.46. The first kappa shape index (κ1) is 15.3. The number of anilines is 1. The number of hydrogen-bond donors (Lipinski definition) is 0. The van der Waals surface area contributed by atoms with Gasteiger partial charge < -0.3 is 9.64 Å². The molecule has 5 nitrogen and oxygen atoms in total. The van der Waals surface area contributed by atoms with Crippen LogP contribution in [0.2, 0.25) is 0 Å². The molecular weight excluding hydrogens is 278 g/mol. The van der Waals surface area contributed by atoms with E-state index in [1.165, 1.54) is 5.56 Å². The highest BCUT2D eigenvalue weighted by molar-refractivity contribution is 5.89. The van der Waals surface area contributed by atoms with Gasteiger partial charge in [0.1, 0.15) is 6.61 Å². The van der Waals surface area contributed by atoms with Crippen molar-refractivity contribution in [2.75, 3.05) is 57.8 Å². The Balaban J connectivity index is 1.49. The molecule has 22 heavy (non-hydrogen) atoms. The van der Waals surface area contributed by atoms with Crippen LogP contribution >= 0.6 is 0 Å². The topological polar surface area (TPSA) is 36.0 Å². The summed E-state index contributed by atoms with van der Waals surface area (Å²) in [5, 5.41) is 0. The number of amides is 1.